The first-order valence-corrected chi connectivity index (χ1v) is 10.5. The van der Waals surface area contributed by atoms with E-state index in [1.807, 2.05) is 0 Å². The van der Waals surface area contributed by atoms with Crippen molar-refractivity contribution in [3.8, 4) is 11.3 Å². The molecule has 32 heavy (non-hydrogen) atoms. The van der Waals surface area contributed by atoms with Crippen LogP contribution in [0.5, 0.6) is 0 Å². The summed E-state index contributed by atoms with van der Waals surface area (Å²) in [7, 11) is 1.74. The van der Waals surface area contributed by atoms with Crippen molar-refractivity contribution in [1.82, 2.24) is 19.8 Å². The molecule has 0 spiro atoms. The molecule has 1 aliphatic heterocycles. The summed E-state index contributed by atoms with van der Waals surface area (Å²) in [6, 6.07) is 4.87. The van der Waals surface area contributed by atoms with Gasteiger partial charge in [-0.1, -0.05) is 0 Å². The summed E-state index contributed by atoms with van der Waals surface area (Å²) >= 11 is 0. The monoisotopic (exact) mass is 437 g/mol. The molecule has 1 fully saturated rings. The van der Waals surface area contributed by atoms with E-state index in [9.17, 15) is 18.8 Å². The number of halogens is 1. The SMILES string of the molecule is CN(C(=O)C1=C(C=O)CCCN1CC(=O)Nc1ccc(-c2cncc(F)c2)nc1)C1CC1. The summed E-state index contributed by atoms with van der Waals surface area (Å²) in [5, 5.41) is 2.77. The number of allylic oxidation sites excluding steroid dienone is 1. The molecule has 2 amide bonds. The molecule has 2 aromatic heterocycles. The third-order valence-electron chi connectivity index (χ3n) is 5.64. The number of anilines is 1. The number of rotatable bonds is 7. The Kier molecular flexibility index (Phi) is 6.25. The van der Waals surface area contributed by atoms with Crippen molar-refractivity contribution in [2.45, 2.75) is 31.7 Å². The summed E-state index contributed by atoms with van der Waals surface area (Å²) in [4.78, 5) is 48.7. The molecular formula is C23H24FN5O3. The molecule has 8 nitrogen and oxygen atoms in total. The number of carbonyl (C=O) groups excluding carboxylic acids is 3. The van der Waals surface area contributed by atoms with Gasteiger partial charge in [-0.2, -0.15) is 0 Å². The van der Waals surface area contributed by atoms with E-state index in [1.54, 1.807) is 29.0 Å². The molecule has 0 atom stereocenters. The standard InChI is InChI=1S/C23H24FN5O3/c1-28(19-5-6-19)23(32)22-15(14-30)3-2-8-29(22)13-21(31)27-18-4-7-20(26-12-18)16-9-17(24)11-25-10-16/h4,7,9-12,14,19H,2-3,5-6,8,13H2,1H3,(H,27,31). The van der Waals surface area contributed by atoms with Gasteiger partial charge >= 0.3 is 0 Å². The molecule has 1 saturated carbocycles. The number of nitrogens with zero attached hydrogens (tertiary/aromatic N) is 4. The van der Waals surface area contributed by atoms with Crippen LogP contribution in [0.25, 0.3) is 11.3 Å². The second-order valence-corrected chi connectivity index (χ2v) is 8.04. The number of nitrogens with one attached hydrogen (secondary N) is 1. The molecule has 0 bridgehead atoms. The van der Waals surface area contributed by atoms with E-state index in [1.165, 1.54) is 18.5 Å². The number of carbonyl (C=O) groups is 3. The van der Waals surface area contributed by atoms with Crippen LogP contribution in [-0.4, -0.2) is 64.0 Å². The Labute approximate surface area is 185 Å². The molecule has 1 aliphatic carbocycles. The Balaban J connectivity index is 1.44. The number of hydrogen-bond donors (Lipinski definition) is 1. The van der Waals surface area contributed by atoms with Crippen molar-refractivity contribution >= 4 is 23.8 Å². The first kappa shape index (κ1) is 21.6. The van der Waals surface area contributed by atoms with Crippen molar-refractivity contribution in [2.75, 3.05) is 25.5 Å². The number of hydrogen-bond acceptors (Lipinski definition) is 6. The van der Waals surface area contributed by atoms with Gasteiger partial charge in [-0.25, -0.2) is 4.39 Å². The quantitative estimate of drug-likeness (QED) is 0.669. The van der Waals surface area contributed by atoms with Gasteiger partial charge in [0.2, 0.25) is 5.91 Å². The fourth-order valence-corrected chi connectivity index (χ4v) is 3.80. The van der Waals surface area contributed by atoms with Gasteiger partial charge in [0.05, 0.1) is 30.3 Å². The number of aldehydes is 1. The average Bonchev–Trinajstić information content (AvgIpc) is 3.64. The van der Waals surface area contributed by atoms with Crippen molar-refractivity contribution in [3.63, 3.8) is 0 Å². The Morgan fingerprint density at radius 3 is 2.75 bits per heavy atom. The lowest BCUT2D eigenvalue weighted by atomic mass is 10.0. The van der Waals surface area contributed by atoms with Crippen LogP contribution in [0, 0.1) is 5.82 Å². The lowest BCUT2D eigenvalue weighted by molar-refractivity contribution is -0.129. The van der Waals surface area contributed by atoms with Crippen molar-refractivity contribution < 1.29 is 18.8 Å². The molecule has 1 N–H and O–H groups in total. The number of amides is 2. The van der Waals surface area contributed by atoms with Gasteiger partial charge in [-0.15, -0.1) is 0 Å². The maximum Gasteiger partial charge on any atom is 0.270 e. The first-order chi connectivity index (χ1) is 15.5. The first-order valence-electron chi connectivity index (χ1n) is 10.5. The summed E-state index contributed by atoms with van der Waals surface area (Å²) in [5.41, 5.74) is 2.30. The highest BCUT2D eigenvalue weighted by Crippen LogP contribution is 2.29. The lowest BCUT2D eigenvalue weighted by Crippen LogP contribution is -2.43. The second kappa shape index (κ2) is 9.25. The second-order valence-electron chi connectivity index (χ2n) is 8.04. The summed E-state index contributed by atoms with van der Waals surface area (Å²) in [6.07, 6.45) is 7.97. The van der Waals surface area contributed by atoms with Gasteiger partial charge in [-0.05, 0) is 43.9 Å². The van der Waals surface area contributed by atoms with E-state index in [0.717, 1.165) is 25.3 Å². The zero-order valence-electron chi connectivity index (χ0n) is 17.8. The maximum atomic E-state index is 13.4. The molecular weight excluding hydrogens is 413 g/mol. The normalized spacial score (nSPS) is 16.0. The van der Waals surface area contributed by atoms with Crippen molar-refractivity contribution in [1.29, 1.82) is 0 Å². The van der Waals surface area contributed by atoms with E-state index in [4.69, 9.17) is 0 Å². The van der Waals surface area contributed by atoms with Gasteiger partial charge in [-0.3, -0.25) is 24.4 Å². The van der Waals surface area contributed by atoms with Crippen LogP contribution in [0.4, 0.5) is 10.1 Å². The van der Waals surface area contributed by atoms with Crippen LogP contribution in [0.3, 0.4) is 0 Å². The summed E-state index contributed by atoms with van der Waals surface area (Å²) in [5.74, 6) is -0.987. The van der Waals surface area contributed by atoms with Crippen LogP contribution in [0.1, 0.15) is 25.7 Å². The molecule has 3 heterocycles. The minimum absolute atomic E-state index is 0.0491. The van der Waals surface area contributed by atoms with Crippen molar-refractivity contribution in [2.24, 2.45) is 0 Å². The molecule has 0 unspecified atom stereocenters. The smallest absolute Gasteiger partial charge is 0.270 e. The Bertz CT molecular complexity index is 1070. The highest BCUT2D eigenvalue weighted by Gasteiger charge is 2.35. The number of pyridine rings is 2. The molecule has 2 aromatic rings. The fraction of sp³-hybridized carbons (Fsp3) is 0.348. The topological polar surface area (TPSA) is 95.5 Å². The van der Waals surface area contributed by atoms with Crippen LogP contribution < -0.4 is 5.32 Å². The predicted molar refractivity (Wildman–Crippen MR) is 116 cm³/mol. The zero-order chi connectivity index (χ0) is 22.7. The fourth-order valence-electron chi connectivity index (χ4n) is 3.80. The van der Waals surface area contributed by atoms with E-state index >= 15 is 0 Å². The molecule has 0 aromatic carbocycles. The number of aromatic nitrogens is 2. The molecule has 166 valence electrons. The largest absolute Gasteiger partial charge is 0.357 e. The Morgan fingerprint density at radius 1 is 1.28 bits per heavy atom. The highest BCUT2D eigenvalue weighted by atomic mass is 19.1. The van der Waals surface area contributed by atoms with Gasteiger partial charge in [0.25, 0.3) is 5.91 Å². The minimum atomic E-state index is -0.455. The summed E-state index contributed by atoms with van der Waals surface area (Å²) in [6.45, 7) is 0.473. The Morgan fingerprint density at radius 2 is 2.09 bits per heavy atom. The summed E-state index contributed by atoms with van der Waals surface area (Å²) < 4.78 is 13.4. The van der Waals surface area contributed by atoms with Gasteiger partial charge in [0.15, 0.2) is 0 Å². The predicted octanol–water partition coefficient (Wildman–Crippen LogP) is 2.39. The van der Waals surface area contributed by atoms with Crippen LogP contribution >= 0.6 is 0 Å². The van der Waals surface area contributed by atoms with Crippen LogP contribution in [-0.2, 0) is 14.4 Å². The van der Waals surface area contributed by atoms with Gasteiger partial charge in [0.1, 0.15) is 17.8 Å². The van der Waals surface area contributed by atoms with E-state index in [0.29, 0.717) is 47.6 Å². The van der Waals surface area contributed by atoms with E-state index in [2.05, 4.69) is 15.3 Å². The van der Waals surface area contributed by atoms with Gasteiger partial charge < -0.3 is 15.1 Å². The average molecular weight is 437 g/mol. The number of likely N-dealkylation sites (N-methyl/N-ethyl adjacent to an activating group) is 1. The third-order valence-corrected chi connectivity index (χ3v) is 5.64. The Hall–Kier alpha value is -3.62. The maximum absolute atomic E-state index is 13.4. The van der Waals surface area contributed by atoms with E-state index < -0.39 is 5.82 Å². The zero-order valence-corrected chi connectivity index (χ0v) is 17.8. The molecule has 0 saturated heterocycles. The third kappa shape index (κ3) is 4.82. The molecule has 4 rings (SSSR count). The highest BCUT2D eigenvalue weighted by molar-refractivity contribution is 6.00. The molecule has 2 aliphatic rings. The molecule has 9 heteroatoms. The van der Waals surface area contributed by atoms with Crippen molar-refractivity contribution in [3.05, 3.63) is 53.9 Å². The lowest BCUT2D eigenvalue weighted by Gasteiger charge is -2.33. The minimum Gasteiger partial charge on any atom is -0.357 e. The molecule has 0 radical (unpaired) electrons. The van der Waals surface area contributed by atoms with E-state index in [-0.39, 0.29) is 24.4 Å². The van der Waals surface area contributed by atoms with Gasteiger partial charge in [0, 0.05) is 37.0 Å². The van der Waals surface area contributed by atoms with Crippen LogP contribution in [0.15, 0.2) is 48.1 Å². The van der Waals surface area contributed by atoms with Crippen LogP contribution in [0.2, 0.25) is 0 Å².